The minimum absolute atomic E-state index is 0.0700. The molecule has 2 aliphatic rings. The second-order valence-electron chi connectivity index (χ2n) is 9.66. The molecule has 1 aliphatic carbocycles. The number of amides is 1. The van der Waals surface area contributed by atoms with Gasteiger partial charge in [-0.3, -0.25) is 4.79 Å². The van der Waals surface area contributed by atoms with E-state index in [9.17, 15) is 27.9 Å². The van der Waals surface area contributed by atoms with Crippen LogP contribution in [0.15, 0.2) is 90.2 Å². The third kappa shape index (κ3) is 6.89. The Bertz CT molecular complexity index is 1510. The summed E-state index contributed by atoms with van der Waals surface area (Å²) in [6, 6.07) is 19.8. The number of carbonyl (C=O) groups is 2. The molecule has 7 nitrogen and oxygen atoms in total. The number of hydrogen-bond donors (Lipinski definition) is 2. The highest BCUT2D eigenvalue weighted by molar-refractivity contribution is 5.96. The van der Waals surface area contributed by atoms with Crippen molar-refractivity contribution in [3.63, 3.8) is 0 Å². The number of nitrogens with zero attached hydrogens (tertiary/aromatic N) is 1. The molecule has 212 valence electrons. The zero-order chi connectivity index (χ0) is 29.0. The van der Waals surface area contributed by atoms with E-state index in [2.05, 4.69) is 15.0 Å². The molecule has 0 atom stereocenters. The third-order valence-corrected chi connectivity index (χ3v) is 6.82. The topological polar surface area (TPSA) is 88.1 Å². The van der Waals surface area contributed by atoms with E-state index in [4.69, 9.17) is 4.74 Å². The summed E-state index contributed by atoms with van der Waals surface area (Å²) in [6.45, 7) is 1.74. The van der Waals surface area contributed by atoms with E-state index in [0.29, 0.717) is 48.6 Å². The molecule has 0 fully saturated rings. The highest BCUT2D eigenvalue weighted by Crippen LogP contribution is 2.34. The van der Waals surface area contributed by atoms with Crippen LogP contribution >= 0.6 is 0 Å². The Morgan fingerprint density at radius 1 is 1.05 bits per heavy atom. The van der Waals surface area contributed by atoms with E-state index in [-0.39, 0.29) is 30.2 Å². The normalized spacial score (nSPS) is 14.8. The number of nitrogens with one attached hydrogen (secondary N) is 1. The van der Waals surface area contributed by atoms with Gasteiger partial charge < -0.3 is 24.8 Å². The average Bonchev–Trinajstić information content (AvgIpc) is 2.95. The molecule has 3 aromatic rings. The molecule has 1 heterocycles. The van der Waals surface area contributed by atoms with Gasteiger partial charge in [0.25, 0.3) is 5.91 Å². The van der Waals surface area contributed by atoms with Crippen molar-refractivity contribution in [1.29, 1.82) is 0 Å². The highest BCUT2D eigenvalue weighted by atomic mass is 19.4. The van der Waals surface area contributed by atoms with Crippen molar-refractivity contribution < 1.29 is 37.3 Å². The van der Waals surface area contributed by atoms with Crippen LogP contribution in [0, 0.1) is 0 Å². The lowest BCUT2D eigenvalue weighted by Crippen LogP contribution is -2.32. The SMILES string of the molecule is O=C(NCC1=CCCC(OC(F)(F)F)=C1)c1ccc2c(c1)OCCN2Cc1ccc(-c2ccccc2C(=O)O)cc1. The maximum absolute atomic E-state index is 12.8. The van der Waals surface area contributed by atoms with Crippen LogP contribution in [0.25, 0.3) is 11.1 Å². The zero-order valence-electron chi connectivity index (χ0n) is 21.9. The van der Waals surface area contributed by atoms with Crippen LogP contribution in [-0.2, 0) is 11.3 Å². The van der Waals surface area contributed by atoms with Crippen LogP contribution in [0.1, 0.15) is 39.1 Å². The number of ether oxygens (including phenoxy) is 2. The molecule has 41 heavy (non-hydrogen) atoms. The molecule has 10 heteroatoms. The Labute approximate surface area is 234 Å². The molecule has 0 aromatic heterocycles. The minimum Gasteiger partial charge on any atom is -0.490 e. The number of rotatable bonds is 8. The third-order valence-electron chi connectivity index (χ3n) is 6.82. The number of aromatic carboxylic acids is 1. The van der Waals surface area contributed by atoms with E-state index >= 15 is 0 Å². The van der Waals surface area contributed by atoms with Crippen molar-refractivity contribution in [1.82, 2.24) is 5.32 Å². The Morgan fingerprint density at radius 3 is 2.59 bits per heavy atom. The number of carboxylic acid groups (broad SMARTS) is 1. The van der Waals surface area contributed by atoms with Crippen molar-refractivity contribution in [3.05, 3.63) is 107 Å². The molecule has 1 aliphatic heterocycles. The highest BCUT2D eigenvalue weighted by Gasteiger charge is 2.32. The predicted octanol–water partition coefficient (Wildman–Crippen LogP) is 6.32. The summed E-state index contributed by atoms with van der Waals surface area (Å²) in [5.41, 5.74) is 4.49. The van der Waals surface area contributed by atoms with Crippen molar-refractivity contribution in [2.75, 3.05) is 24.6 Å². The van der Waals surface area contributed by atoms with Crippen LogP contribution in [0.4, 0.5) is 18.9 Å². The van der Waals surface area contributed by atoms with Gasteiger partial charge in [0.15, 0.2) is 0 Å². The summed E-state index contributed by atoms with van der Waals surface area (Å²) in [4.78, 5) is 26.5. The molecule has 0 saturated carbocycles. The van der Waals surface area contributed by atoms with Gasteiger partial charge in [-0.15, -0.1) is 13.2 Å². The van der Waals surface area contributed by atoms with Crippen LogP contribution in [0.5, 0.6) is 5.75 Å². The maximum atomic E-state index is 12.8. The molecule has 0 radical (unpaired) electrons. The lowest BCUT2D eigenvalue weighted by molar-refractivity contribution is -0.306. The van der Waals surface area contributed by atoms with E-state index in [1.165, 1.54) is 6.08 Å². The van der Waals surface area contributed by atoms with E-state index in [1.54, 1.807) is 36.4 Å². The molecule has 0 unspecified atom stereocenters. The van der Waals surface area contributed by atoms with Gasteiger partial charge in [-0.1, -0.05) is 48.5 Å². The minimum atomic E-state index is -4.74. The van der Waals surface area contributed by atoms with Gasteiger partial charge in [0.2, 0.25) is 0 Å². The standard InChI is InChI=1S/C31H27F3N2O5/c32-31(33,34)41-24-5-3-4-21(16-24)18-35-29(37)23-12-13-27-28(17-23)40-15-14-36(27)19-20-8-10-22(11-9-20)25-6-1-2-7-26(25)30(38)39/h1-2,4,6-13,16-17H,3,5,14-15,18-19H2,(H,35,37)(H,38,39). The molecule has 5 rings (SSSR count). The average molecular weight is 565 g/mol. The van der Waals surface area contributed by atoms with Gasteiger partial charge in [-0.05, 0) is 59.0 Å². The molecule has 1 amide bonds. The molecule has 0 bridgehead atoms. The Hall–Kier alpha value is -4.73. The number of anilines is 1. The van der Waals surface area contributed by atoms with Gasteiger partial charge in [-0.25, -0.2) is 4.79 Å². The van der Waals surface area contributed by atoms with Gasteiger partial charge in [0.05, 0.1) is 17.8 Å². The maximum Gasteiger partial charge on any atom is 0.572 e. The number of benzene rings is 3. The first kappa shape index (κ1) is 27.8. The number of carboxylic acids is 1. The summed E-state index contributed by atoms with van der Waals surface area (Å²) in [5, 5.41) is 12.2. The van der Waals surface area contributed by atoms with Crippen LogP contribution < -0.4 is 15.0 Å². The van der Waals surface area contributed by atoms with Gasteiger partial charge in [-0.2, -0.15) is 0 Å². The monoisotopic (exact) mass is 564 g/mol. The summed E-state index contributed by atoms with van der Waals surface area (Å²) in [5.74, 6) is -0.959. The summed E-state index contributed by atoms with van der Waals surface area (Å²) in [7, 11) is 0. The summed E-state index contributed by atoms with van der Waals surface area (Å²) in [6.07, 6.45) is -1.12. The molecule has 0 spiro atoms. The molecule has 0 saturated heterocycles. The number of hydrogen-bond acceptors (Lipinski definition) is 5. The van der Waals surface area contributed by atoms with Gasteiger partial charge in [0, 0.05) is 25.1 Å². The molecule has 2 N–H and O–H groups in total. The second kappa shape index (κ2) is 11.8. The quantitative estimate of drug-likeness (QED) is 0.333. The summed E-state index contributed by atoms with van der Waals surface area (Å²) < 4.78 is 47.4. The second-order valence-corrected chi connectivity index (χ2v) is 9.66. The first-order valence-electron chi connectivity index (χ1n) is 13.0. The molecular formula is C31H27F3N2O5. The number of halogens is 3. The van der Waals surface area contributed by atoms with Crippen LogP contribution in [-0.4, -0.2) is 43.0 Å². The Morgan fingerprint density at radius 2 is 1.83 bits per heavy atom. The lowest BCUT2D eigenvalue weighted by Gasteiger charge is -2.31. The van der Waals surface area contributed by atoms with Crippen molar-refractivity contribution in [3.8, 4) is 16.9 Å². The lowest BCUT2D eigenvalue weighted by atomic mass is 9.98. The van der Waals surface area contributed by atoms with Crippen molar-refractivity contribution >= 4 is 17.6 Å². The number of fused-ring (bicyclic) bond motifs is 1. The van der Waals surface area contributed by atoms with Gasteiger partial charge in [0.1, 0.15) is 18.1 Å². The first-order chi connectivity index (χ1) is 19.7. The van der Waals surface area contributed by atoms with E-state index in [0.717, 1.165) is 16.8 Å². The van der Waals surface area contributed by atoms with E-state index < -0.39 is 12.3 Å². The molecular weight excluding hydrogens is 537 g/mol. The number of carbonyl (C=O) groups excluding carboxylic acids is 1. The Balaban J connectivity index is 1.23. The number of alkyl halides is 3. The summed E-state index contributed by atoms with van der Waals surface area (Å²) >= 11 is 0. The van der Waals surface area contributed by atoms with Crippen LogP contribution in [0.2, 0.25) is 0 Å². The first-order valence-corrected chi connectivity index (χ1v) is 13.0. The fraction of sp³-hybridized carbons (Fsp3) is 0.226. The largest absolute Gasteiger partial charge is 0.572 e. The van der Waals surface area contributed by atoms with Crippen molar-refractivity contribution in [2.24, 2.45) is 0 Å². The fourth-order valence-electron chi connectivity index (χ4n) is 4.89. The van der Waals surface area contributed by atoms with Crippen molar-refractivity contribution in [2.45, 2.75) is 25.7 Å². The zero-order valence-corrected chi connectivity index (χ0v) is 21.9. The molecule has 3 aromatic carbocycles. The Kier molecular flexibility index (Phi) is 8.00. The predicted molar refractivity (Wildman–Crippen MR) is 147 cm³/mol. The van der Waals surface area contributed by atoms with Gasteiger partial charge >= 0.3 is 12.3 Å². The van der Waals surface area contributed by atoms with Crippen LogP contribution in [0.3, 0.4) is 0 Å². The number of allylic oxidation sites excluding steroid dienone is 2. The fourth-order valence-corrected chi connectivity index (χ4v) is 4.89. The van der Waals surface area contributed by atoms with E-state index in [1.807, 2.05) is 36.4 Å². The smallest absolute Gasteiger partial charge is 0.490 e.